The third-order valence-corrected chi connectivity index (χ3v) is 5.97. The second kappa shape index (κ2) is 8.69. The number of aromatic nitrogens is 2. The van der Waals surface area contributed by atoms with Gasteiger partial charge in [0.1, 0.15) is 11.9 Å². The highest BCUT2D eigenvalue weighted by Gasteiger charge is 2.35. The number of allylic oxidation sites excluding steroid dienone is 2. The Morgan fingerprint density at radius 1 is 1.24 bits per heavy atom. The fourth-order valence-electron chi connectivity index (χ4n) is 4.25. The summed E-state index contributed by atoms with van der Waals surface area (Å²) in [6.45, 7) is 8.34. The molecule has 0 bridgehead atoms. The molecule has 160 valence electrons. The molecule has 2 N–H and O–H groups in total. The monoisotopic (exact) mass is 401 g/mol. The van der Waals surface area contributed by atoms with Crippen LogP contribution >= 0.6 is 0 Å². The van der Waals surface area contributed by atoms with E-state index < -0.39 is 11.5 Å². The lowest BCUT2D eigenvalue weighted by Gasteiger charge is -2.30. The van der Waals surface area contributed by atoms with Crippen LogP contribution in [0.2, 0.25) is 0 Å². The highest BCUT2D eigenvalue weighted by molar-refractivity contribution is 5.97. The van der Waals surface area contributed by atoms with Crippen LogP contribution in [0.15, 0.2) is 12.2 Å². The molecule has 29 heavy (non-hydrogen) atoms. The van der Waals surface area contributed by atoms with Crippen LogP contribution in [-0.2, 0) is 17.9 Å². The van der Waals surface area contributed by atoms with Gasteiger partial charge in [-0.1, -0.05) is 32.9 Å². The summed E-state index contributed by atoms with van der Waals surface area (Å²) in [5.74, 6) is 0.917. The van der Waals surface area contributed by atoms with Crippen LogP contribution in [0.3, 0.4) is 0 Å². The number of nitrogens with zero attached hydrogens (tertiary/aromatic N) is 3. The molecular formula is C22H35N5O2. The molecule has 0 saturated heterocycles. The average molecular weight is 402 g/mol. The standard InChI is InChI=1S/C22H35N5O2/c1-22(2,3)18(21(29)23-4)25-20(28)17-16-14-26(5)12-13-27(16)19(24-17)15-10-8-6-7-9-11-15/h6,8,15,18H,7,9-14H2,1-5H3,(H,23,29)(H,25,28). The van der Waals surface area contributed by atoms with Crippen LogP contribution in [-0.4, -0.2) is 52.9 Å². The number of amides is 2. The minimum absolute atomic E-state index is 0.190. The number of hydrogen-bond acceptors (Lipinski definition) is 4. The zero-order chi connectivity index (χ0) is 21.2. The van der Waals surface area contributed by atoms with Gasteiger partial charge in [-0.2, -0.15) is 0 Å². The third kappa shape index (κ3) is 4.71. The summed E-state index contributed by atoms with van der Waals surface area (Å²) >= 11 is 0. The van der Waals surface area contributed by atoms with Gasteiger partial charge in [-0.25, -0.2) is 4.98 Å². The lowest BCUT2D eigenvalue weighted by Crippen LogP contribution is -2.53. The van der Waals surface area contributed by atoms with Gasteiger partial charge in [0.2, 0.25) is 5.91 Å². The highest BCUT2D eigenvalue weighted by Crippen LogP contribution is 2.31. The van der Waals surface area contributed by atoms with E-state index in [9.17, 15) is 9.59 Å². The van der Waals surface area contributed by atoms with E-state index in [0.29, 0.717) is 18.2 Å². The first-order valence-electron chi connectivity index (χ1n) is 10.7. The molecule has 0 radical (unpaired) electrons. The molecule has 0 aromatic carbocycles. The Morgan fingerprint density at radius 3 is 2.69 bits per heavy atom. The van der Waals surface area contributed by atoms with Crippen molar-refractivity contribution in [1.82, 2.24) is 25.1 Å². The van der Waals surface area contributed by atoms with Crippen LogP contribution in [0.4, 0.5) is 0 Å². The van der Waals surface area contributed by atoms with E-state index in [1.165, 1.54) is 0 Å². The maximum Gasteiger partial charge on any atom is 0.272 e. The van der Waals surface area contributed by atoms with Crippen molar-refractivity contribution in [1.29, 1.82) is 0 Å². The Hall–Kier alpha value is -2.15. The first-order valence-corrected chi connectivity index (χ1v) is 10.7. The number of hydrogen-bond donors (Lipinski definition) is 2. The van der Waals surface area contributed by atoms with E-state index in [4.69, 9.17) is 4.98 Å². The number of imidazole rings is 1. The largest absolute Gasteiger partial charge is 0.357 e. The smallest absolute Gasteiger partial charge is 0.272 e. The summed E-state index contributed by atoms with van der Waals surface area (Å²) in [7, 11) is 3.66. The number of carbonyl (C=O) groups excluding carboxylic acids is 2. The zero-order valence-corrected chi connectivity index (χ0v) is 18.4. The molecule has 1 aliphatic heterocycles. The molecule has 2 aliphatic rings. The van der Waals surface area contributed by atoms with Gasteiger partial charge < -0.3 is 15.2 Å². The van der Waals surface area contributed by atoms with Crippen molar-refractivity contribution in [3.63, 3.8) is 0 Å². The number of carbonyl (C=O) groups is 2. The second-order valence-electron chi connectivity index (χ2n) is 9.38. The number of nitrogens with one attached hydrogen (secondary N) is 2. The van der Waals surface area contributed by atoms with Crippen molar-refractivity contribution in [3.05, 3.63) is 29.4 Å². The summed E-state index contributed by atoms with van der Waals surface area (Å²) in [4.78, 5) is 32.7. The van der Waals surface area contributed by atoms with Crippen molar-refractivity contribution < 1.29 is 9.59 Å². The topological polar surface area (TPSA) is 79.3 Å². The van der Waals surface area contributed by atoms with Crippen LogP contribution in [0, 0.1) is 5.41 Å². The van der Waals surface area contributed by atoms with Gasteiger partial charge in [0.25, 0.3) is 5.91 Å². The minimum Gasteiger partial charge on any atom is -0.357 e. The Morgan fingerprint density at radius 2 is 2.00 bits per heavy atom. The Kier molecular flexibility index (Phi) is 6.46. The predicted octanol–water partition coefficient (Wildman–Crippen LogP) is 2.43. The molecule has 1 aromatic rings. The molecule has 2 heterocycles. The molecule has 2 unspecified atom stereocenters. The lowest BCUT2D eigenvalue weighted by molar-refractivity contribution is -0.124. The van der Waals surface area contributed by atoms with E-state index in [0.717, 1.165) is 50.3 Å². The number of likely N-dealkylation sites (N-methyl/N-ethyl adjacent to an activating group) is 2. The van der Waals surface area contributed by atoms with Crippen molar-refractivity contribution in [2.75, 3.05) is 20.6 Å². The number of rotatable bonds is 4. The Bertz CT molecular complexity index is 790. The predicted molar refractivity (Wildman–Crippen MR) is 114 cm³/mol. The lowest BCUT2D eigenvalue weighted by atomic mass is 9.86. The summed E-state index contributed by atoms with van der Waals surface area (Å²) in [6.07, 6.45) is 8.81. The van der Waals surface area contributed by atoms with Crippen molar-refractivity contribution in [2.45, 2.75) is 71.5 Å². The molecule has 0 spiro atoms. The average Bonchev–Trinajstić information content (AvgIpc) is 2.84. The van der Waals surface area contributed by atoms with Gasteiger partial charge in [0, 0.05) is 32.6 Å². The van der Waals surface area contributed by atoms with E-state index in [2.05, 4.69) is 39.3 Å². The fraction of sp³-hybridized carbons (Fsp3) is 0.682. The Balaban J connectivity index is 1.94. The van der Waals surface area contributed by atoms with E-state index >= 15 is 0 Å². The van der Waals surface area contributed by atoms with E-state index in [1.54, 1.807) is 7.05 Å². The molecule has 7 nitrogen and oxygen atoms in total. The van der Waals surface area contributed by atoms with Gasteiger partial charge in [-0.05, 0) is 38.1 Å². The maximum atomic E-state index is 13.3. The van der Waals surface area contributed by atoms with E-state index in [1.807, 2.05) is 20.8 Å². The molecule has 1 aromatic heterocycles. The summed E-state index contributed by atoms with van der Waals surface area (Å²) in [5, 5.41) is 5.62. The van der Waals surface area contributed by atoms with Crippen molar-refractivity contribution in [3.8, 4) is 0 Å². The normalized spacial score (nSPS) is 21.2. The van der Waals surface area contributed by atoms with Crippen LogP contribution < -0.4 is 10.6 Å². The van der Waals surface area contributed by atoms with Gasteiger partial charge in [0.05, 0.1) is 5.69 Å². The quantitative estimate of drug-likeness (QED) is 0.760. The van der Waals surface area contributed by atoms with Crippen molar-refractivity contribution >= 4 is 11.8 Å². The molecule has 0 saturated carbocycles. The van der Waals surface area contributed by atoms with Crippen LogP contribution in [0.5, 0.6) is 0 Å². The minimum atomic E-state index is -0.622. The second-order valence-corrected chi connectivity index (χ2v) is 9.38. The van der Waals surface area contributed by atoms with Crippen LogP contribution in [0.1, 0.15) is 74.4 Å². The van der Waals surface area contributed by atoms with E-state index in [-0.39, 0.29) is 11.8 Å². The Labute approximate surface area is 173 Å². The van der Waals surface area contributed by atoms with Gasteiger partial charge >= 0.3 is 0 Å². The van der Waals surface area contributed by atoms with Gasteiger partial charge in [-0.3, -0.25) is 14.5 Å². The molecule has 0 fully saturated rings. The number of fused-ring (bicyclic) bond motifs is 1. The van der Waals surface area contributed by atoms with Gasteiger partial charge in [0.15, 0.2) is 5.69 Å². The molecule has 1 aliphatic carbocycles. The summed E-state index contributed by atoms with van der Waals surface area (Å²) in [6, 6.07) is -0.622. The van der Waals surface area contributed by atoms with Crippen LogP contribution in [0.25, 0.3) is 0 Å². The molecule has 2 amide bonds. The molecule has 3 rings (SSSR count). The SMILES string of the molecule is CNC(=O)C(NC(=O)c1nc(C2CC=CCCC2)n2c1CN(C)CC2)C(C)(C)C. The first kappa shape index (κ1) is 21.6. The molecule has 7 heteroatoms. The highest BCUT2D eigenvalue weighted by atomic mass is 16.2. The molecular weight excluding hydrogens is 366 g/mol. The fourth-order valence-corrected chi connectivity index (χ4v) is 4.25. The maximum absolute atomic E-state index is 13.3. The zero-order valence-electron chi connectivity index (χ0n) is 18.4. The first-order chi connectivity index (χ1) is 13.7. The third-order valence-electron chi connectivity index (χ3n) is 5.97. The summed E-state index contributed by atoms with van der Waals surface area (Å²) < 4.78 is 2.25. The van der Waals surface area contributed by atoms with Crippen molar-refractivity contribution in [2.24, 2.45) is 5.41 Å². The van der Waals surface area contributed by atoms with Gasteiger partial charge in [-0.15, -0.1) is 0 Å². The molecule has 2 atom stereocenters. The summed E-state index contributed by atoms with van der Waals surface area (Å²) in [5.41, 5.74) is 1.03.